The molecule has 0 aliphatic rings. The van der Waals surface area contributed by atoms with Crippen molar-refractivity contribution in [1.29, 1.82) is 5.26 Å². The van der Waals surface area contributed by atoms with Crippen LogP contribution in [-0.2, 0) is 11.3 Å². The van der Waals surface area contributed by atoms with Gasteiger partial charge in [0.05, 0.1) is 36.2 Å². The molecule has 56 heavy (non-hydrogen) atoms. The highest BCUT2D eigenvalue weighted by atomic mass is 32.2. The Morgan fingerprint density at radius 1 is 0.857 bits per heavy atom. The maximum Gasteiger partial charge on any atom is 0.316 e. The molecule has 4 heterocycles. The topological polar surface area (TPSA) is 166 Å². The van der Waals surface area contributed by atoms with Crippen LogP contribution in [0.3, 0.4) is 0 Å². The highest BCUT2D eigenvalue weighted by molar-refractivity contribution is 7.82. The molecular weight excluding hydrogens is 727 g/mol. The number of para-hydroxylation sites is 1. The van der Waals surface area contributed by atoms with Gasteiger partial charge in [0.2, 0.25) is 17.3 Å². The maximum atomic E-state index is 12.9. The first-order chi connectivity index (χ1) is 27.2. The molecule has 0 radical (unpaired) electrons. The summed E-state index contributed by atoms with van der Waals surface area (Å²) in [4.78, 5) is 20.0. The Kier molecular flexibility index (Phi) is 10.1. The van der Waals surface area contributed by atoms with E-state index >= 15 is 0 Å². The fraction of sp³-hybridized carbons (Fsp3) is 0.0732. The zero-order valence-corrected chi connectivity index (χ0v) is 31.0. The Morgan fingerprint density at radius 2 is 1.55 bits per heavy atom. The number of aryl methyl sites for hydroxylation is 3. The first-order valence-electron chi connectivity index (χ1n) is 17.0. The molecule has 0 aliphatic heterocycles. The minimum Gasteiger partial charge on any atom is -0.385 e. The van der Waals surface area contributed by atoms with Crippen LogP contribution >= 0.6 is 0 Å². The van der Waals surface area contributed by atoms with Crippen LogP contribution in [0.15, 0.2) is 109 Å². The van der Waals surface area contributed by atoms with Gasteiger partial charge in [-0.1, -0.05) is 72.8 Å². The fourth-order valence-electron chi connectivity index (χ4n) is 6.12. The van der Waals surface area contributed by atoms with Crippen LogP contribution in [-0.4, -0.2) is 39.3 Å². The van der Waals surface area contributed by atoms with E-state index in [0.29, 0.717) is 62.6 Å². The predicted molar refractivity (Wildman–Crippen MR) is 215 cm³/mol. The van der Waals surface area contributed by atoms with Crippen molar-refractivity contribution >= 4 is 51.2 Å². The van der Waals surface area contributed by atoms with E-state index in [2.05, 4.69) is 40.1 Å². The summed E-state index contributed by atoms with van der Waals surface area (Å²) in [5, 5.41) is 26.4. The van der Waals surface area contributed by atoms with Gasteiger partial charge in [0.1, 0.15) is 28.4 Å². The molecule has 0 bridgehead atoms. The minimum atomic E-state index is -1.79. The average molecular weight is 758 g/mol. The third-order valence-electron chi connectivity index (χ3n) is 8.75. The van der Waals surface area contributed by atoms with Gasteiger partial charge in [-0.2, -0.15) is 19.7 Å². The lowest BCUT2D eigenvalue weighted by atomic mass is 10.1. The number of amides is 1. The first-order valence-corrected chi connectivity index (χ1v) is 18.1. The second-order valence-corrected chi connectivity index (χ2v) is 13.3. The van der Waals surface area contributed by atoms with Gasteiger partial charge in [0.15, 0.2) is 5.82 Å². The second-order valence-electron chi connectivity index (χ2n) is 12.5. The molecule has 1 atom stereocenters. The van der Waals surface area contributed by atoms with Gasteiger partial charge in [0, 0.05) is 17.4 Å². The number of benzene rings is 4. The van der Waals surface area contributed by atoms with Crippen molar-refractivity contribution in [2.75, 3.05) is 10.0 Å². The lowest BCUT2D eigenvalue weighted by Crippen LogP contribution is -2.11. The molecule has 0 aliphatic carbocycles. The largest absolute Gasteiger partial charge is 0.385 e. The molecule has 0 fully saturated rings. The third kappa shape index (κ3) is 7.07. The van der Waals surface area contributed by atoms with Crippen LogP contribution in [0.5, 0.6) is 5.75 Å². The number of nitrogens with zero attached hydrogens (tertiary/aromatic N) is 7. The van der Waals surface area contributed by atoms with Crippen LogP contribution in [0.4, 0.5) is 22.7 Å². The summed E-state index contributed by atoms with van der Waals surface area (Å²) in [6, 6.07) is 33.6. The Hall–Kier alpha value is -7.93. The number of nitrogens with one attached hydrogen (secondary N) is 4. The van der Waals surface area contributed by atoms with Crippen LogP contribution < -0.4 is 14.2 Å². The number of carbonyl (C=O) groups is 1. The first kappa shape index (κ1) is 36.4. The van der Waals surface area contributed by atoms with E-state index in [9.17, 15) is 14.3 Å². The van der Waals surface area contributed by atoms with Crippen LogP contribution in [0.25, 0.3) is 43.6 Å². The van der Waals surface area contributed by atoms with Gasteiger partial charge in [-0.3, -0.25) is 28.5 Å². The van der Waals surface area contributed by atoms with Gasteiger partial charge in [-0.25, -0.2) is 9.69 Å². The number of hydrogen-bond acceptors (Lipinski definition) is 6. The average Bonchev–Trinajstić information content (AvgIpc) is 3.97. The molecule has 1 unspecified atom stereocenters. The molecule has 0 saturated heterocycles. The molecule has 4 aromatic carbocycles. The van der Waals surface area contributed by atoms with Gasteiger partial charge < -0.3 is 9.50 Å². The SMILES string of the molecule is [C-]#[N+]c1c(C(=O)Nc2ccccc2)c2[nH]nc(C)n2c1-c1ccccc1.[C-]#[N+]c1cn2c(-c3cccc(NS(=O)Oc4cc(C)ccc4C)c3)n[nH]c2c1C#N. The van der Waals surface area contributed by atoms with Crippen molar-refractivity contribution in [3.05, 3.63) is 160 Å². The number of rotatable bonds is 8. The number of nitriles is 1. The molecule has 274 valence electrons. The van der Waals surface area contributed by atoms with Crippen molar-refractivity contribution in [3.8, 4) is 34.5 Å². The maximum absolute atomic E-state index is 12.9. The van der Waals surface area contributed by atoms with E-state index < -0.39 is 11.3 Å². The lowest BCUT2D eigenvalue weighted by Gasteiger charge is -2.10. The molecule has 8 rings (SSSR count). The van der Waals surface area contributed by atoms with E-state index in [-0.39, 0.29) is 17.2 Å². The zero-order chi connectivity index (χ0) is 39.3. The van der Waals surface area contributed by atoms with Crippen molar-refractivity contribution in [2.45, 2.75) is 20.8 Å². The number of aromatic amines is 2. The lowest BCUT2D eigenvalue weighted by molar-refractivity contribution is 0.102. The summed E-state index contributed by atoms with van der Waals surface area (Å²) in [5.41, 5.74) is 7.47. The Labute approximate surface area is 323 Å². The zero-order valence-electron chi connectivity index (χ0n) is 30.2. The number of aromatic nitrogens is 6. The van der Waals surface area contributed by atoms with Gasteiger partial charge in [0.25, 0.3) is 0 Å². The number of hydrogen-bond donors (Lipinski definition) is 4. The van der Waals surface area contributed by atoms with E-state index in [4.69, 9.17) is 17.3 Å². The number of carbonyl (C=O) groups excluding carboxylic acids is 1. The summed E-state index contributed by atoms with van der Waals surface area (Å²) in [7, 11) is 0. The van der Waals surface area contributed by atoms with Crippen molar-refractivity contribution in [2.24, 2.45) is 0 Å². The Bertz CT molecular complexity index is 2900. The van der Waals surface area contributed by atoms with Gasteiger partial charge in [-0.05, 0) is 67.8 Å². The molecule has 0 saturated carbocycles. The van der Waals surface area contributed by atoms with E-state index in [1.165, 1.54) is 0 Å². The molecular formula is C41H31N11O3S. The number of anilines is 2. The Morgan fingerprint density at radius 3 is 2.27 bits per heavy atom. The van der Waals surface area contributed by atoms with E-state index in [1.807, 2.05) is 104 Å². The van der Waals surface area contributed by atoms with Gasteiger partial charge >= 0.3 is 11.3 Å². The number of fused-ring (bicyclic) bond motifs is 2. The van der Waals surface area contributed by atoms with Crippen molar-refractivity contribution < 1.29 is 13.2 Å². The Balaban J connectivity index is 0.000000173. The molecule has 0 spiro atoms. The quantitative estimate of drug-likeness (QED) is 0.113. The summed E-state index contributed by atoms with van der Waals surface area (Å²) in [6.07, 6.45) is 1.57. The smallest absolute Gasteiger partial charge is 0.316 e. The molecule has 8 aromatic rings. The molecule has 14 nitrogen and oxygen atoms in total. The normalized spacial score (nSPS) is 11.1. The highest BCUT2D eigenvalue weighted by Crippen LogP contribution is 2.39. The van der Waals surface area contributed by atoms with Crippen molar-refractivity contribution in [1.82, 2.24) is 29.2 Å². The third-order valence-corrected chi connectivity index (χ3v) is 9.49. The van der Waals surface area contributed by atoms with Crippen molar-refractivity contribution in [3.63, 3.8) is 0 Å². The number of H-pyrrole nitrogens is 2. The molecule has 4 N–H and O–H groups in total. The summed E-state index contributed by atoms with van der Waals surface area (Å²) in [6.45, 7) is 20.6. The predicted octanol–water partition coefficient (Wildman–Crippen LogP) is 8.88. The van der Waals surface area contributed by atoms with Gasteiger partial charge in [-0.15, -0.1) is 0 Å². The summed E-state index contributed by atoms with van der Waals surface area (Å²) in [5.74, 6) is 1.42. The standard InChI is InChI=1S/C21H16N6O2S.C20H15N5O/c1-13-7-8-14(2)19(9-13)29-30(28)26-16-6-4-5-15(10-16)20-24-25-21-17(11-22)18(23-3)12-27(20)21;1-13-23-24-19-16(20(26)22-15-11-7-4-8-12-15)17(21-2)18(25(13)19)14-9-5-3-6-10-14/h4-10,12,25-26H,1-2H3;3-12,24H,1H3,(H,22,26). The monoisotopic (exact) mass is 757 g/mol. The van der Waals surface area contributed by atoms with Crippen LogP contribution in [0, 0.1) is 45.2 Å². The molecule has 1 amide bonds. The van der Waals surface area contributed by atoms with Crippen LogP contribution in [0.1, 0.15) is 32.9 Å². The molecule has 4 aromatic heterocycles. The second kappa shape index (κ2) is 15.6. The highest BCUT2D eigenvalue weighted by Gasteiger charge is 2.27. The fourth-order valence-corrected chi connectivity index (χ4v) is 6.82. The van der Waals surface area contributed by atoms with E-state index in [0.717, 1.165) is 16.7 Å². The van der Waals surface area contributed by atoms with E-state index in [1.54, 1.807) is 40.9 Å². The summed E-state index contributed by atoms with van der Waals surface area (Å²) >= 11 is -1.79. The minimum absolute atomic E-state index is 0.251. The molecule has 15 heteroatoms. The van der Waals surface area contributed by atoms with Crippen LogP contribution in [0.2, 0.25) is 0 Å². The summed E-state index contributed by atoms with van der Waals surface area (Å²) < 4.78 is 24.3.